The highest BCUT2D eigenvalue weighted by Crippen LogP contribution is 2.20. The lowest BCUT2D eigenvalue weighted by atomic mass is 10.3. The van der Waals surface area contributed by atoms with Gasteiger partial charge in [-0.3, -0.25) is 4.79 Å². The summed E-state index contributed by atoms with van der Waals surface area (Å²) in [6, 6.07) is 0. The van der Waals surface area contributed by atoms with Gasteiger partial charge in [0.05, 0.1) is 6.42 Å². The lowest BCUT2D eigenvalue weighted by Gasteiger charge is -2.06. The van der Waals surface area contributed by atoms with Crippen LogP contribution in [0.25, 0.3) is 0 Å². The normalized spacial score (nSPS) is 11.4. The fraction of sp³-hybridized carbons (Fsp3) is 0.875. The molecule has 0 radical (unpaired) electrons. The number of unbranched alkanes of at least 4 members (excludes halogenated alkanes) is 1. The molecule has 0 aromatic heterocycles. The molecule has 14 heavy (non-hydrogen) atoms. The molecule has 0 heterocycles. The highest BCUT2D eigenvalue weighted by atomic mass is 127. The number of amides is 1. The van der Waals surface area contributed by atoms with E-state index >= 15 is 0 Å². The van der Waals surface area contributed by atoms with Crippen LogP contribution in [0.15, 0.2) is 0 Å². The van der Waals surface area contributed by atoms with Crippen molar-refractivity contribution < 1.29 is 18.0 Å². The highest BCUT2D eigenvalue weighted by Gasteiger charge is 2.27. The Labute approximate surface area is 94.8 Å². The van der Waals surface area contributed by atoms with Crippen molar-refractivity contribution in [2.75, 3.05) is 11.0 Å². The summed E-state index contributed by atoms with van der Waals surface area (Å²) >= 11 is 2.21. The monoisotopic (exact) mass is 323 g/mol. The van der Waals surface area contributed by atoms with Crippen LogP contribution < -0.4 is 5.32 Å². The fourth-order valence-electron chi connectivity index (χ4n) is 0.791. The zero-order valence-corrected chi connectivity index (χ0v) is 9.82. The summed E-state index contributed by atoms with van der Waals surface area (Å²) in [5.41, 5.74) is 0. The summed E-state index contributed by atoms with van der Waals surface area (Å²) in [5.74, 6) is -0.518. The second-order valence-electron chi connectivity index (χ2n) is 2.86. The van der Waals surface area contributed by atoms with E-state index in [9.17, 15) is 18.0 Å². The third kappa shape index (κ3) is 10.1. The predicted molar refractivity (Wildman–Crippen MR) is 56.4 cm³/mol. The minimum Gasteiger partial charge on any atom is -0.356 e. The molecule has 0 aliphatic rings. The van der Waals surface area contributed by atoms with Gasteiger partial charge in [0.15, 0.2) is 0 Å². The first kappa shape index (κ1) is 14.0. The van der Waals surface area contributed by atoms with E-state index in [1.807, 2.05) is 0 Å². The molecule has 0 aliphatic heterocycles. The average molecular weight is 323 g/mol. The lowest BCUT2D eigenvalue weighted by molar-refractivity contribution is -0.144. The van der Waals surface area contributed by atoms with E-state index in [0.717, 1.165) is 17.3 Å². The third-order valence-corrected chi connectivity index (χ3v) is 2.28. The zero-order chi connectivity index (χ0) is 11.0. The van der Waals surface area contributed by atoms with Crippen LogP contribution in [0.5, 0.6) is 0 Å². The van der Waals surface area contributed by atoms with Crippen molar-refractivity contribution in [2.45, 2.75) is 31.9 Å². The Hall–Kier alpha value is -0.0100. The molecule has 0 aromatic rings. The molecule has 6 heteroatoms. The standard InChI is InChI=1S/C8H13F3INO/c9-8(10,11)4-3-7(14)13-6-2-1-5-12/h1-6H2,(H,13,14). The van der Waals surface area contributed by atoms with Gasteiger partial charge in [-0.1, -0.05) is 22.6 Å². The Balaban J connectivity index is 3.38. The van der Waals surface area contributed by atoms with E-state index in [0.29, 0.717) is 6.54 Å². The van der Waals surface area contributed by atoms with Gasteiger partial charge in [0, 0.05) is 13.0 Å². The molecule has 0 spiro atoms. The molecule has 1 amide bonds. The second-order valence-corrected chi connectivity index (χ2v) is 3.94. The molecule has 0 saturated carbocycles. The average Bonchev–Trinajstić information content (AvgIpc) is 2.08. The molecule has 0 aromatic carbocycles. The summed E-state index contributed by atoms with van der Waals surface area (Å²) < 4.78 is 36.0. The van der Waals surface area contributed by atoms with Crippen molar-refractivity contribution in [1.29, 1.82) is 0 Å². The van der Waals surface area contributed by atoms with E-state index < -0.39 is 24.9 Å². The third-order valence-electron chi connectivity index (χ3n) is 1.52. The van der Waals surface area contributed by atoms with Crippen molar-refractivity contribution in [3.63, 3.8) is 0 Å². The first-order chi connectivity index (χ1) is 6.45. The van der Waals surface area contributed by atoms with Gasteiger partial charge in [0.2, 0.25) is 5.91 Å². The maximum Gasteiger partial charge on any atom is 0.389 e. The Kier molecular flexibility index (Phi) is 7.30. The van der Waals surface area contributed by atoms with E-state index in [1.165, 1.54) is 0 Å². The molecule has 0 saturated heterocycles. The first-order valence-electron chi connectivity index (χ1n) is 4.35. The number of hydrogen-bond acceptors (Lipinski definition) is 1. The van der Waals surface area contributed by atoms with E-state index in [4.69, 9.17) is 0 Å². The molecule has 0 rings (SSSR count). The molecule has 0 unspecified atom stereocenters. The van der Waals surface area contributed by atoms with Crippen LogP contribution in [0.2, 0.25) is 0 Å². The van der Waals surface area contributed by atoms with Crippen LogP contribution in [0.4, 0.5) is 13.2 Å². The second kappa shape index (κ2) is 7.30. The Bertz CT molecular complexity index is 172. The Morgan fingerprint density at radius 3 is 2.43 bits per heavy atom. The minimum atomic E-state index is -4.24. The molecule has 84 valence electrons. The predicted octanol–water partition coefficient (Wildman–Crippen LogP) is 2.66. The molecule has 0 bridgehead atoms. The van der Waals surface area contributed by atoms with Gasteiger partial charge in [-0.05, 0) is 17.3 Å². The summed E-state index contributed by atoms with van der Waals surface area (Å²) in [6.45, 7) is 0.472. The largest absolute Gasteiger partial charge is 0.389 e. The van der Waals surface area contributed by atoms with Crippen molar-refractivity contribution in [2.24, 2.45) is 0 Å². The van der Waals surface area contributed by atoms with Crippen molar-refractivity contribution in [3.8, 4) is 0 Å². The van der Waals surface area contributed by atoms with Crippen LogP contribution >= 0.6 is 22.6 Å². The van der Waals surface area contributed by atoms with Crippen LogP contribution in [-0.2, 0) is 4.79 Å². The number of carbonyl (C=O) groups excluding carboxylic acids is 1. The molecular formula is C8H13F3INO. The molecule has 1 N–H and O–H groups in total. The summed E-state index contributed by atoms with van der Waals surface area (Å²) in [5, 5.41) is 2.45. The van der Waals surface area contributed by atoms with Gasteiger partial charge in [0.25, 0.3) is 0 Å². The van der Waals surface area contributed by atoms with E-state index in [2.05, 4.69) is 27.9 Å². The minimum absolute atomic E-state index is 0.465. The summed E-state index contributed by atoms with van der Waals surface area (Å²) in [6.07, 6.45) is -3.95. The molecule has 2 nitrogen and oxygen atoms in total. The first-order valence-corrected chi connectivity index (χ1v) is 5.87. The van der Waals surface area contributed by atoms with Gasteiger partial charge in [-0.15, -0.1) is 0 Å². The van der Waals surface area contributed by atoms with Crippen LogP contribution in [0, 0.1) is 0 Å². The molecule has 0 atom stereocenters. The topological polar surface area (TPSA) is 29.1 Å². The number of rotatable bonds is 6. The Morgan fingerprint density at radius 1 is 1.29 bits per heavy atom. The quantitative estimate of drug-likeness (QED) is 0.454. The van der Waals surface area contributed by atoms with Crippen LogP contribution in [0.3, 0.4) is 0 Å². The van der Waals surface area contributed by atoms with Crippen molar-refractivity contribution in [3.05, 3.63) is 0 Å². The van der Waals surface area contributed by atoms with E-state index in [-0.39, 0.29) is 0 Å². The maximum absolute atomic E-state index is 11.7. The van der Waals surface area contributed by atoms with E-state index in [1.54, 1.807) is 0 Å². The SMILES string of the molecule is O=C(CCC(F)(F)F)NCCCCI. The van der Waals surface area contributed by atoms with Crippen LogP contribution in [0.1, 0.15) is 25.7 Å². The van der Waals surface area contributed by atoms with Gasteiger partial charge >= 0.3 is 6.18 Å². The fourth-order valence-corrected chi connectivity index (χ4v) is 1.33. The number of carbonyl (C=O) groups is 1. The Morgan fingerprint density at radius 2 is 1.93 bits per heavy atom. The van der Waals surface area contributed by atoms with Gasteiger partial charge in [-0.25, -0.2) is 0 Å². The highest BCUT2D eigenvalue weighted by molar-refractivity contribution is 14.1. The molecular weight excluding hydrogens is 310 g/mol. The van der Waals surface area contributed by atoms with Crippen molar-refractivity contribution in [1.82, 2.24) is 5.32 Å². The maximum atomic E-state index is 11.7. The van der Waals surface area contributed by atoms with Crippen molar-refractivity contribution >= 4 is 28.5 Å². The van der Waals surface area contributed by atoms with Crippen LogP contribution in [-0.4, -0.2) is 23.1 Å². The molecule has 0 aliphatic carbocycles. The number of nitrogens with one attached hydrogen (secondary N) is 1. The summed E-state index contributed by atoms with van der Waals surface area (Å²) in [7, 11) is 0. The molecule has 0 fully saturated rings. The lowest BCUT2D eigenvalue weighted by Crippen LogP contribution is -2.25. The van der Waals surface area contributed by atoms with Gasteiger partial charge < -0.3 is 5.32 Å². The smallest absolute Gasteiger partial charge is 0.356 e. The number of hydrogen-bond donors (Lipinski definition) is 1. The number of alkyl halides is 4. The zero-order valence-electron chi connectivity index (χ0n) is 7.66. The van der Waals surface area contributed by atoms with Gasteiger partial charge in [0.1, 0.15) is 0 Å². The summed E-state index contributed by atoms with van der Waals surface area (Å²) in [4.78, 5) is 10.8. The van der Waals surface area contributed by atoms with Gasteiger partial charge in [-0.2, -0.15) is 13.2 Å². The number of halogens is 4.